The van der Waals surface area contributed by atoms with Gasteiger partial charge in [-0.3, -0.25) is 9.78 Å². The summed E-state index contributed by atoms with van der Waals surface area (Å²) in [6.07, 6.45) is 4.83. The summed E-state index contributed by atoms with van der Waals surface area (Å²) in [5.74, 6) is 0. The second-order valence-corrected chi connectivity index (χ2v) is 3.40. The lowest BCUT2D eigenvalue weighted by atomic mass is 10.2. The van der Waals surface area contributed by atoms with Gasteiger partial charge in [-0.2, -0.15) is 0 Å². The molecule has 16 heavy (non-hydrogen) atoms. The van der Waals surface area contributed by atoms with Crippen LogP contribution in [-0.2, 0) is 0 Å². The molecule has 3 aromatic heterocycles. The fourth-order valence-corrected chi connectivity index (χ4v) is 1.66. The van der Waals surface area contributed by atoms with Gasteiger partial charge in [-0.1, -0.05) is 0 Å². The van der Waals surface area contributed by atoms with Crippen molar-refractivity contribution in [3.63, 3.8) is 0 Å². The summed E-state index contributed by atoms with van der Waals surface area (Å²) in [5, 5.41) is 1.09. The maximum atomic E-state index is 12.2. The van der Waals surface area contributed by atoms with Crippen molar-refractivity contribution in [2.24, 2.45) is 0 Å². The van der Waals surface area contributed by atoms with Crippen LogP contribution in [0.25, 0.3) is 21.9 Å². The molecule has 0 saturated heterocycles. The van der Waals surface area contributed by atoms with Gasteiger partial charge in [0, 0.05) is 17.8 Å². The first kappa shape index (κ1) is 8.91. The maximum Gasteiger partial charge on any atom is 0.199 e. The lowest BCUT2D eigenvalue weighted by Crippen LogP contribution is -1.99. The molecule has 4 heteroatoms. The van der Waals surface area contributed by atoms with Crippen LogP contribution in [0.4, 0.5) is 0 Å². The Morgan fingerprint density at radius 2 is 1.62 bits per heavy atom. The minimum absolute atomic E-state index is 0.0799. The SMILES string of the molecule is O=c1c2cccnc2cnc2ncccc12. The van der Waals surface area contributed by atoms with Crippen LogP contribution >= 0.6 is 0 Å². The van der Waals surface area contributed by atoms with Crippen molar-refractivity contribution in [3.8, 4) is 0 Å². The molecule has 76 valence electrons. The van der Waals surface area contributed by atoms with E-state index in [1.165, 1.54) is 0 Å². The lowest BCUT2D eigenvalue weighted by molar-refractivity contribution is 1.30. The van der Waals surface area contributed by atoms with Crippen LogP contribution < -0.4 is 5.43 Å². The summed E-state index contributed by atoms with van der Waals surface area (Å²) >= 11 is 0. The molecule has 0 aliphatic heterocycles. The van der Waals surface area contributed by atoms with E-state index in [1.54, 1.807) is 42.9 Å². The highest BCUT2D eigenvalue weighted by Gasteiger charge is 2.02. The standard InChI is InChI=1S/C12H7N3O/c16-11-8-3-1-5-13-10(8)7-15-12-9(11)4-2-6-14-12/h1-7H. The molecule has 0 unspecified atom stereocenters. The van der Waals surface area contributed by atoms with E-state index in [4.69, 9.17) is 0 Å². The molecule has 0 N–H and O–H groups in total. The zero-order valence-electron chi connectivity index (χ0n) is 8.29. The van der Waals surface area contributed by atoms with Gasteiger partial charge >= 0.3 is 0 Å². The Labute approximate surface area is 90.6 Å². The molecule has 0 atom stereocenters. The molecule has 0 bridgehead atoms. The molecule has 0 aliphatic rings. The highest BCUT2D eigenvalue weighted by atomic mass is 16.1. The fraction of sp³-hybridized carbons (Fsp3) is 0. The summed E-state index contributed by atoms with van der Waals surface area (Å²) in [5.41, 5.74) is 0.958. The van der Waals surface area contributed by atoms with Gasteiger partial charge in [0.25, 0.3) is 0 Å². The molecule has 0 radical (unpaired) electrons. The smallest absolute Gasteiger partial charge is 0.199 e. The third-order valence-electron chi connectivity index (χ3n) is 2.42. The second kappa shape index (κ2) is 3.34. The summed E-state index contributed by atoms with van der Waals surface area (Å²) < 4.78 is 0. The second-order valence-electron chi connectivity index (χ2n) is 3.40. The van der Waals surface area contributed by atoms with Crippen molar-refractivity contribution < 1.29 is 0 Å². The van der Waals surface area contributed by atoms with E-state index < -0.39 is 0 Å². The van der Waals surface area contributed by atoms with Gasteiger partial charge in [-0.15, -0.1) is 0 Å². The molecule has 0 fully saturated rings. The number of hydrogen-bond donors (Lipinski definition) is 0. The highest BCUT2D eigenvalue weighted by molar-refractivity contribution is 5.86. The van der Waals surface area contributed by atoms with E-state index in [0.29, 0.717) is 21.9 Å². The van der Waals surface area contributed by atoms with Crippen molar-refractivity contribution >= 4 is 21.9 Å². The van der Waals surface area contributed by atoms with E-state index >= 15 is 0 Å². The van der Waals surface area contributed by atoms with Crippen molar-refractivity contribution in [3.05, 3.63) is 53.1 Å². The predicted octanol–water partition coefficient (Wildman–Crippen LogP) is 1.54. The van der Waals surface area contributed by atoms with E-state index in [9.17, 15) is 4.79 Å². The Morgan fingerprint density at radius 3 is 2.50 bits per heavy atom. The number of rotatable bonds is 0. The van der Waals surface area contributed by atoms with Crippen LogP contribution in [-0.4, -0.2) is 15.0 Å². The highest BCUT2D eigenvalue weighted by Crippen LogP contribution is 2.08. The van der Waals surface area contributed by atoms with Crippen LogP contribution in [0.1, 0.15) is 0 Å². The molecule has 4 nitrogen and oxygen atoms in total. The summed E-state index contributed by atoms with van der Waals surface area (Å²) in [6, 6.07) is 6.95. The maximum absolute atomic E-state index is 12.2. The molecule has 3 heterocycles. The van der Waals surface area contributed by atoms with Crippen LogP contribution in [0.3, 0.4) is 0 Å². The molecule has 0 aliphatic carbocycles. The predicted molar refractivity (Wildman–Crippen MR) is 61.1 cm³/mol. The first-order valence-electron chi connectivity index (χ1n) is 4.85. The first-order chi connectivity index (χ1) is 7.86. The average Bonchev–Trinajstić information content (AvgIpc) is 2.49. The van der Waals surface area contributed by atoms with E-state index in [0.717, 1.165) is 0 Å². The zero-order valence-corrected chi connectivity index (χ0v) is 8.29. The first-order valence-corrected chi connectivity index (χ1v) is 4.85. The van der Waals surface area contributed by atoms with Crippen molar-refractivity contribution in [2.45, 2.75) is 0 Å². The minimum atomic E-state index is -0.0799. The number of aromatic nitrogens is 3. The van der Waals surface area contributed by atoms with E-state index in [2.05, 4.69) is 15.0 Å². The summed E-state index contributed by atoms with van der Waals surface area (Å²) in [4.78, 5) is 24.5. The van der Waals surface area contributed by atoms with E-state index in [-0.39, 0.29) is 5.43 Å². The average molecular weight is 209 g/mol. The van der Waals surface area contributed by atoms with Crippen LogP contribution in [0.15, 0.2) is 47.7 Å². The lowest BCUT2D eigenvalue weighted by Gasteiger charge is -1.87. The van der Waals surface area contributed by atoms with Crippen LogP contribution in [0.5, 0.6) is 0 Å². The third kappa shape index (κ3) is 1.24. The molecule has 0 aromatic carbocycles. The molecule has 3 aromatic rings. The third-order valence-corrected chi connectivity index (χ3v) is 2.42. The minimum Gasteiger partial charge on any atom is -0.288 e. The van der Waals surface area contributed by atoms with Crippen LogP contribution in [0.2, 0.25) is 0 Å². The monoisotopic (exact) mass is 209 g/mol. The normalized spacial score (nSPS) is 10.8. The topological polar surface area (TPSA) is 55.7 Å². The summed E-state index contributed by atoms with van der Waals surface area (Å²) in [7, 11) is 0. The van der Waals surface area contributed by atoms with Gasteiger partial charge in [0.2, 0.25) is 0 Å². The van der Waals surface area contributed by atoms with Gasteiger partial charge in [-0.05, 0) is 24.3 Å². The Hall–Kier alpha value is -2.36. The quantitative estimate of drug-likeness (QED) is 0.563. The number of hydrogen-bond acceptors (Lipinski definition) is 4. The van der Waals surface area contributed by atoms with Gasteiger partial charge in [0.05, 0.1) is 17.1 Å². The van der Waals surface area contributed by atoms with Crippen molar-refractivity contribution in [2.75, 3.05) is 0 Å². The van der Waals surface area contributed by atoms with Crippen molar-refractivity contribution in [1.29, 1.82) is 0 Å². The Balaban J connectivity index is 2.69. The zero-order chi connectivity index (χ0) is 11.0. The van der Waals surface area contributed by atoms with E-state index in [1.807, 2.05) is 0 Å². The molecule has 0 saturated carbocycles. The van der Waals surface area contributed by atoms with Crippen LogP contribution in [0, 0.1) is 0 Å². The Bertz CT molecular complexity index is 678. The fourth-order valence-electron chi connectivity index (χ4n) is 1.66. The molecule has 3 rings (SSSR count). The molecule has 0 spiro atoms. The summed E-state index contributed by atoms with van der Waals surface area (Å²) in [6.45, 7) is 0. The number of nitrogens with zero attached hydrogens (tertiary/aromatic N) is 3. The molecule has 0 amide bonds. The van der Waals surface area contributed by atoms with Gasteiger partial charge < -0.3 is 0 Å². The van der Waals surface area contributed by atoms with Crippen molar-refractivity contribution in [1.82, 2.24) is 15.0 Å². The molecular formula is C12H7N3O. The van der Waals surface area contributed by atoms with Gasteiger partial charge in [0.1, 0.15) is 0 Å². The molecular weight excluding hydrogens is 202 g/mol. The largest absolute Gasteiger partial charge is 0.288 e. The Kier molecular flexibility index (Phi) is 1.86. The number of fused-ring (bicyclic) bond motifs is 2. The Morgan fingerprint density at radius 1 is 0.875 bits per heavy atom. The number of pyridine rings is 2. The van der Waals surface area contributed by atoms with Gasteiger partial charge in [-0.25, -0.2) is 9.97 Å². The van der Waals surface area contributed by atoms with Gasteiger partial charge in [0.15, 0.2) is 11.1 Å².